The molecule has 22 heavy (non-hydrogen) atoms. The van der Waals surface area contributed by atoms with Crippen LogP contribution in [0.4, 0.5) is 5.69 Å². The van der Waals surface area contributed by atoms with Crippen molar-refractivity contribution >= 4 is 22.3 Å². The van der Waals surface area contributed by atoms with Gasteiger partial charge >= 0.3 is 0 Å². The average Bonchev–Trinajstić information content (AvgIpc) is 2.62. The Bertz CT molecular complexity index is 821. The quantitative estimate of drug-likeness (QED) is 0.677. The SMILES string of the molecule is c1ccc(C2=NCCCN2c2ccc3ccccc3c2)cc1. The number of anilines is 1. The summed E-state index contributed by atoms with van der Waals surface area (Å²) in [5.74, 6) is 1.09. The first-order valence-electron chi connectivity index (χ1n) is 7.78. The molecule has 0 saturated heterocycles. The maximum Gasteiger partial charge on any atom is 0.135 e. The van der Waals surface area contributed by atoms with Gasteiger partial charge in [0.05, 0.1) is 0 Å². The van der Waals surface area contributed by atoms with Crippen LogP contribution in [0.2, 0.25) is 0 Å². The number of hydrogen-bond donors (Lipinski definition) is 0. The average molecular weight is 286 g/mol. The standard InChI is InChI=1S/C20H18N2/c1-2-8-17(9-3-1)20-21-13-6-14-22(20)19-12-11-16-7-4-5-10-18(16)15-19/h1-5,7-12,15H,6,13-14H2. The highest BCUT2D eigenvalue weighted by Crippen LogP contribution is 2.25. The Labute approximate surface area is 130 Å². The fraction of sp³-hybridized carbons (Fsp3) is 0.150. The fourth-order valence-corrected chi connectivity index (χ4v) is 3.04. The molecule has 1 heterocycles. The van der Waals surface area contributed by atoms with Crippen LogP contribution >= 0.6 is 0 Å². The van der Waals surface area contributed by atoms with Crippen molar-refractivity contribution < 1.29 is 0 Å². The van der Waals surface area contributed by atoms with Crippen LogP contribution in [0.5, 0.6) is 0 Å². The van der Waals surface area contributed by atoms with Gasteiger partial charge in [0.2, 0.25) is 0 Å². The second-order valence-corrected chi connectivity index (χ2v) is 5.61. The van der Waals surface area contributed by atoms with E-state index in [1.54, 1.807) is 0 Å². The monoisotopic (exact) mass is 286 g/mol. The zero-order chi connectivity index (χ0) is 14.8. The van der Waals surface area contributed by atoms with Gasteiger partial charge in [-0.1, -0.05) is 60.7 Å². The number of amidine groups is 1. The van der Waals surface area contributed by atoms with Crippen molar-refractivity contribution in [3.63, 3.8) is 0 Å². The van der Waals surface area contributed by atoms with E-state index in [-0.39, 0.29) is 0 Å². The minimum absolute atomic E-state index is 0.911. The molecule has 0 unspecified atom stereocenters. The van der Waals surface area contributed by atoms with Crippen molar-refractivity contribution in [3.05, 3.63) is 78.4 Å². The summed E-state index contributed by atoms with van der Waals surface area (Å²) in [6.07, 6.45) is 1.10. The van der Waals surface area contributed by atoms with Crippen LogP contribution in [-0.4, -0.2) is 18.9 Å². The maximum absolute atomic E-state index is 4.78. The highest BCUT2D eigenvalue weighted by Gasteiger charge is 2.18. The predicted molar refractivity (Wildman–Crippen MR) is 93.8 cm³/mol. The van der Waals surface area contributed by atoms with E-state index < -0.39 is 0 Å². The minimum Gasteiger partial charge on any atom is -0.326 e. The molecule has 4 rings (SSSR count). The number of aliphatic imine (C=N–C) groups is 1. The molecule has 1 aliphatic heterocycles. The van der Waals surface area contributed by atoms with E-state index in [1.165, 1.54) is 22.0 Å². The van der Waals surface area contributed by atoms with Gasteiger partial charge in [-0.05, 0) is 29.3 Å². The smallest absolute Gasteiger partial charge is 0.135 e. The molecule has 3 aromatic rings. The van der Waals surface area contributed by atoms with E-state index in [4.69, 9.17) is 4.99 Å². The third kappa shape index (κ3) is 2.37. The topological polar surface area (TPSA) is 15.6 Å². The summed E-state index contributed by atoms with van der Waals surface area (Å²) >= 11 is 0. The molecule has 108 valence electrons. The predicted octanol–water partition coefficient (Wildman–Crippen LogP) is 4.50. The van der Waals surface area contributed by atoms with E-state index in [0.717, 1.165) is 25.3 Å². The van der Waals surface area contributed by atoms with E-state index in [0.29, 0.717) is 0 Å². The Morgan fingerprint density at radius 1 is 0.773 bits per heavy atom. The molecule has 0 amide bonds. The number of hydrogen-bond acceptors (Lipinski definition) is 2. The molecule has 0 N–H and O–H groups in total. The third-order valence-corrected chi connectivity index (χ3v) is 4.13. The molecule has 0 atom stereocenters. The van der Waals surface area contributed by atoms with Crippen molar-refractivity contribution in [1.29, 1.82) is 0 Å². The van der Waals surface area contributed by atoms with Crippen molar-refractivity contribution in [1.82, 2.24) is 0 Å². The van der Waals surface area contributed by atoms with Gasteiger partial charge in [-0.3, -0.25) is 4.99 Å². The molecule has 3 aromatic carbocycles. The van der Waals surface area contributed by atoms with Gasteiger partial charge in [0, 0.05) is 24.3 Å². The van der Waals surface area contributed by atoms with Gasteiger partial charge in [-0.2, -0.15) is 0 Å². The second-order valence-electron chi connectivity index (χ2n) is 5.61. The summed E-state index contributed by atoms with van der Waals surface area (Å²) in [5, 5.41) is 2.56. The number of nitrogens with zero attached hydrogens (tertiary/aromatic N) is 2. The lowest BCUT2D eigenvalue weighted by Crippen LogP contribution is -2.36. The lowest BCUT2D eigenvalue weighted by molar-refractivity contribution is 0.791. The number of fused-ring (bicyclic) bond motifs is 1. The van der Waals surface area contributed by atoms with E-state index in [9.17, 15) is 0 Å². The van der Waals surface area contributed by atoms with Gasteiger partial charge in [0.15, 0.2) is 0 Å². The Morgan fingerprint density at radius 2 is 1.55 bits per heavy atom. The summed E-state index contributed by atoms with van der Waals surface area (Å²) in [5.41, 5.74) is 2.41. The van der Waals surface area contributed by atoms with Gasteiger partial charge in [0.25, 0.3) is 0 Å². The molecule has 0 bridgehead atoms. The Hall–Kier alpha value is -2.61. The summed E-state index contributed by atoms with van der Waals surface area (Å²) in [6.45, 7) is 1.93. The highest BCUT2D eigenvalue weighted by atomic mass is 15.2. The highest BCUT2D eigenvalue weighted by molar-refractivity contribution is 6.11. The van der Waals surface area contributed by atoms with E-state index in [2.05, 4.69) is 71.6 Å². The Kier molecular flexibility index (Phi) is 3.36. The van der Waals surface area contributed by atoms with Gasteiger partial charge in [-0.15, -0.1) is 0 Å². The summed E-state index contributed by atoms with van der Waals surface area (Å²) in [7, 11) is 0. The molecule has 0 spiro atoms. The Morgan fingerprint density at radius 3 is 2.41 bits per heavy atom. The molecule has 0 fully saturated rings. The molecule has 0 aliphatic carbocycles. The zero-order valence-electron chi connectivity index (χ0n) is 12.4. The van der Waals surface area contributed by atoms with Crippen LogP contribution < -0.4 is 4.90 Å². The van der Waals surface area contributed by atoms with Gasteiger partial charge < -0.3 is 4.90 Å². The van der Waals surface area contributed by atoms with Gasteiger partial charge in [-0.25, -0.2) is 0 Å². The minimum atomic E-state index is 0.911. The van der Waals surface area contributed by atoms with Crippen molar-refractivity contribution in [3.8, 4) is 0 Å². The van der Waals surface area contributed by atoms with Crippen LogP contribution in [0.15, 0.2) is 77.8 Å². The largest absolute Gasteiger partial charge is 0.326 e. The third-order valence-electron chi connectivity index (χ3n) is 4.13. The summed E-state index contributed by atoms with van der Waals surface area (Å²) < 4.78 is 0. The zero-order valence-corrected chi connectivity index (χ0v) is 12.4. The molecule has 0 radical (unpaired) electrons. The molecule has 1 aliphatic rings. The van der Waals surface area contributed by atoms with E-state index in [1.807, 2.05) is 6.07 Å². The molecule has 2 nitrogen and oxygen atoms in total. The molecule has 2 heteroatoms. The first-order chi connectivity index (χ1) is 10.9. The normalized spacial score (nSPS) is 14.9. The van der Waals surface area contributed by atoms with Crippen LogP contribution in [0.3, 0.4) is 0 Å². The van der Waals surface area contributed by atoms with Crippen LogP contribution in [0.25, 0.3) is 10.8 Å². The Balaban J connectivity index is 1.78. The number of benzene rings is 3. The number of rotatable bonds is 2. The second kappa shape index (κ2) is 5.64. The molecular formula is C20H18N2. The lowest BCUT2D eigenvalue weighted by atomic mass is 10.1. The molecular weight excluding hydrogens is 268 g/mol. The first-order valence-corrected chi connectivity index (χ1v) is 7.78. The van der Waals surface area contributed by atoms with Crippen LogP contribution in [0.1, 0.15) is 12.0 Å². The van der Waals surface area contributed by atoms with Crippen molar-refractivity contribution in [2.24, 2.45) is 4.99 Å². The summed E-state index contributed by atoms with van der Waals surface area (Å²) in [6, 6.07) is 25.6. The molecule has 0 aromatic heterocycles. The van der Waals surface area contributed by atoms with Crippen molar-refractivity contribution in [2.75, 3.05) is 18.0 Å². The lowest BCUT2D eigenvalue weighted by Gasteiger charge is -2.30. The van der Waals surface area contributed by atoms with Crippen LogP contribution in [0, 0.1) is 0 Å². The molecule has 0 saturated carbocycles. The maximum atomic E-state index is 4.78. The van der Waals surface area contributed by atoms with E-state index >= 15 is 0 Å². The van der Waals surface area contributed by atoms with Crippen LogP contribution in [-0.2, 0) is 0 Å². The summed E-state index contributed by atoms with van der Waals surface area (Å²) in [4.78, 5) is 7.12. The first kappa shape index (κ1) is 13.1. The van der Waals surface area contributed by atoms with Crippen molar-refractivity contribution in [2.45, 2.75) is 6.42 Å². The fourth-order valence-electron chi connectivity index (χ4n) is 3.04. The van der Waals surface area contributed by atoms with Gasteiger partial charge in [0.1, 0.15) is 5.84 Å².